The highest BCUT2D eigenvalue weighted by atomic mass is 127. The van der Waals surface area contributed by atoms with Gasteiger partial charge in [0.1, 0.15) is 0 Å². The summed E-state index contributed by atoms with van der Waals surface area (Å²) in [6.07, 6.45) is 0.847. The van der Waals surface area contributed by atoms with E-state index in [0.29, 0.717) is 5.88 Å². The Labute approximate surface area is 103 Å². The maximum absolute atomic E-state index is 5.70. The molecule has 0 aromatic heterocycles. The molecule has 1 rings (SSSR count). The molecule has 0 bridgehead atoms. The highest BCUT2D eigenvalue weighted by Gasteiger charge is 2.08. The summed E-state index contributed by atoms with van der Waals surface area (Å²) in [5, 5.41) is 0. The van der Waals surface area contributed by atoms with Crippen LogP contribution in [0.25, 0.3) is 0 Å². The van der Waals surface area contributed by atoms with Crippen molar-refractivity contribution in [2.24, 2.45) is 0 Å². The van der Waals surface area contributed by atoms with Crippen LogP contribution in [0.1, 0.15) is 5.56 Å². The molecule has 4 heteroatoms. The molecular weight excluding hydrogens is 314 g/mol. The van der Waals surface area contributed by atoms with Crippen molar-refractivity contribution in [2.45, 2.75) is 6.42 Å². The molecule has 0 saturated carbocycles. The number of rotatable bonds is 4. The van der Waals surface area contributed by atoms with Crippen molar-refractivity contribution in [2.75, 3.05) is 20.1 Å². The van der Waals surface area contributed by atoms with Crippen molar-refractivity contribution >= 4 is 34.2 Å². The molecule has 0 unspecified atom stereocenters. The van der Waals surface area contributed by atoms with Crippen LogP contribution < -0.4 is 9.47 Å². The number of ether oxygens (including phenoxy) is 2. The third-order valence-corrected chi connectivity index (χ3v) is 3.11. The van der Waals surface area contributed by atoms with Crippen molar-refractivity contribution < 1.29 is 9.47 Å². The molecule has 0 fully saturated rings. The largest absolute Gasteiger partial charge is 0.493 e. The van der Waals surface area contributed by atoms with E-state index in [4.69, 9.17) is 21.1 Å². The standard InChI is InChI=1S/C10H12ClIO2/c1-13-9-5-7(3-4-11)8(12)6-10(9)14-2/h5-6H,3-4H2,1-2H3. The van der Waals surface area contributed by atoms with Crippen LogP contribution in [-0.4, -0.2) is 20.1 Å². The summed E-state index contributed by atoms with van der Waals surface area (Å²) < 4.78 is 11.5. The zero-order valence-electron chi connectivity index (χ0n) is 8.14. The van der Waals surface area contributed by atoms with Crippen molar-refractivity contribution in [3.8, 4) is 11.5 Å². The molecular formula is C10H12ClIO2. The summed E-state index contributed by atoms with van der Waals surface area (Å²) in [5.74, 6) is 2.13. The molecule has 0 amide bonds. The van der Waals surface area contributed by atoms with E-state index < -0.39 is 0 Å². The molecule has 14 heavy (non-hydrogen) atoms. The maximum Gasteiger partial charge on any atom is 0.161 e. The van der Waals surface area contributed by atoms with Crippen LogP contribution in [0.15, 0.2) is 12.1 Å². The van der Waals surface area contributed by atoms with Gasteiger partial charge in [0.15, 0.2) is 11.5 Å². The number of aryl methyl sites for hydroxylation is 1. The van der Waals surface area contributed by atoms with Gasteiger partial charge in [-0.15, -0.1) is 11.6 Å². The lowest BCUT2D eigenvalue weighted by Crippen LogP contribution is -1.96. The average molecular weight is 327 g/mol. The molecule has 0 heterocycles. The molecule has 1 aromatic rings. The van der Waals surface area contributed by atoms with Crippen molar-refractivity contribution in [3.05, 3.63) is 21.3 Å². The lowest BCUT2D eigenvalue weighted by Gasteiger charge is -2.10. The van der Waals surface area contributed by atoms with Crippen molar-refractivity contribution in [3.63, 3.8) is 0 Å². The summed E-state index contributed by atoms with van der Waals surface area (Å²) in [4.78, 5) is 0. The number of hydrogen-bond donors (Lipinski definition) is 0. The van der Waals surface area contributed by atoms with E-state index in [0.717, 1.165) is 21.5 Å². The van der Waals surface area contributed by atoms with Crippen LogP contribution in [0.2, 0.25) is 0 Å². The van der Waals surface area contributed by atoms with E-state index in [-0.39, 0.29) is 0 Å². The van der Waals surface area contributed by atoms with E-state index in [2.05, 4.69) is 22.6 Å². The fourth-order valence-electron chi connectivity index (χ4n) is 1.19. The summed E-state index contributed by atoms with van der Waals surface area (Å²) >= 11 is 7.97. The smallest absolute Gasteiger partial charge is 0.161 e. The van der Waals surface area contributed by atoms with Gasteiger partial charge in [0.05, 0.1) is 14.2 Å². The zero-order valence-corrected chi connectivity index (χ0v) is 11.1. The zero-order chi connectivity index (χ0) is 10.6. The second kappa shape index (κ2) is 5.66. The molecule has 0 atom stereocenters. The Kier molecular flexibility index (Phi) is 4.81. The minimum Gasteiger partial charge on any atom is -0.493 e. The Balaban J connectivity index is 3.09. The van der Waals surface area contributed by atoms with E-state index in [1.165, 1.54) is 5.56 Å². The lowest BCUT2D eigenvalue weighted by molar-refractivity contribution is 0.354. The van der Waals surface area contributed by atoms with E-state index in [1.54, 1.807) is 14.2 Å². The second-order valence-corrected chi connectivity index (χ2v) is 4.28. The first kappa shape index (κ1) is 11.9. The first-order valence-corrected chi connectivity index (χ1v) is 5.80. The monoisotopic (exact) mass is 326 g/mol. The Morgan fingerprint density at radius 3 is 2.29 bits per heavy atom. The minimum atomic E-state index is 0.617. The van der Waals surface area contributed by atoms with Gasteiger partial charge in [-0.1, -0.05) is 0 Å². The molecule has 0 aliphatic heterocycles. The van der Waals surface area contributed by atoms with E-state index in [9.17, 15) is 0 Å². The van der Waals surface area contributed by atoms with E-state index in [1.807, 2.05) is 12.1 Å². The normalized spacial score (nSPS) is 10.0. The predicted molar refractivity (Wildman–Crippen MR) is 66.7 cm³/mol. The Hall–Kier alpha value is -0.160. The van der Waals surface area contributed by atoms with Crippen molar-refractivity contribution in [1.82, 2.24) is 0 Å². The van der Waals surface area contributed by atoms with Gasteiger partial charge < -0.3 is 9.47 Å². The van der Waals surface area contributed by atoms with Crippen LogP contribution in [0, 0.1) is 3.57 Å². The number of alkyl halides is 1. The Morgan fingerprint density at radius 2 is 1.79 bits per heavy atom. The third kappa shape index (κ3) is 2.67. The highest BCUT2D eigenvalue weighted by Crippen LogP contribution is 2.31. The van der Waals surface area contributed by atoms with Gasteiger partial charge in [-0.2, -0.15) is 0 Å². The van der Waals surface area contributed by atoms with Gasteiger partial charge in [0.25, 0.3) is 0 Å². The van der Waals surface area contributed by atoms with Crippen LogP contribution in [0.3, 0.4) is 0 Å². The highest BCUT2D eigenvalue weighted by molar-refractivity contribution is 14.1. The third-order valence-electron chi connectivity index (χ3n) is 1.92. The first-order chi connectivity index (χ1) is 6.72. The summed E-state index contributed by atoms with van der Waals surface area (Å²) in [6.45, 7) is 0. The number of halogens is 2. The second-order valence-electron chi connectivity index (χ2n) is 2.74. The first-order valence-electron chi connectivity index (χ1n) is 4.19. The summed E-state index contributed by atoms with van der Waals surface area (Å²) in [5.41, 5.74) is 1.19. The van der Waals surface area contributed by atoms with Crippen molar-refractivity contribution in [1.29, 1.82) is 0 Å². The molecule has 0 saturated heterocycles. The molecule has 78 valence electrons. The molecule has 0 N–H and O–H groups in total. The predicted octanol–water partition coefficient (Wildman–Crippen LogP) is 3.09. The number of methoxy groups -OCH3 is 2. The molecule has 0 radical (unpaired) electrons. The van der Waals surface area contributed by atoms with Gasteiger partial charge in [0, 0.05) is 9.45 Å². The minimum absolute atomic E-state index is 0.617. The Bertz CT molecular complexity index is 315. The van der Waals surface area contributed by atoms with Gasteiger partial charge in [-0.3, -0.25) is 0 Å². The number of benzene rings is 1. The lowest BCUT2D eigenvalue weighted by atomic mass is 10.1. The fraction of sp³-hybridized carbons (Fsp3) is 0.400. The maximum atomic E-state index is 5.70. The molecule has 1 aromatic carbocycles. The molecule has 2 nitrogen and oxygen atoms in total. The van der Waals surface area contributed by atoms with Gasteiger partial charge >= 0.3 is 0 Å². The molecule has 0 aliphatic carbocycles. The molecule has 0 spiro atoms. The van der Waals surface area contributed by atoms with Crippen LogP contribution in [0.4, 0.5) is 0 Å². The quantitative estimate of drug-likeness (QED) is 0.625. The summed E-state index contributed by atoms with van der Waals surface area (Å²) in [6, 6.07) is 3.93. The fourth-order valence-corrected chi connectivity index (χ4v) is 2.10. The van der Waals surface area contributed by atoms with Gasteiger partial charge in [-0.05, 0) is 46.7 Å². The molecule has 0 aliphatic rings. The SMILES string of the molecule is COc1cc(I)c(CCCl)cc1OC. The topological polar surface area (TPSA) is 18.5 Å². The average Bonchev–Trinajstić information content (AvgIpc) is 2.20. The van der Waals surface area contributed by atoms with Crippen LogP contribution in [-0.2, 0) is 6.42 Å². The summed E-state index contributed by atoms with van der Waals surface area (Å²) in [7, 11) is 3.27. The number of hydrogen-bond acceptors (Lipinski definition) is 2. The van der Waals surface area contributed by atoms with Crippen LogP contribution >= 0.6 is 34.2 Å². The van der Waals surface area contributed by atoms with Gasteiger partial charge in [-0.25, -0.2) is 0 Å². The van der Waals surface area contributed by atoms with Gasteiger partial charge in [0.2, 0.25) is 0 Å². The van der Waals surface area contributed by atoms with Crippen LogP contribution in [0.5, 0.6) is 11.5 Å². The Morgan fingerprint density at radius 1 is 1.21 bits per heavy atom. The van der Waals surface area contributed by atoms with E-state index >= 15 is 0 Å².